The van der Waals surface area contributed by atoms with Crippen LogP contribution in [0.25, 0.3) is 0 Å². The third-order valence-corrected chi connectivity index (χ3v) is 4.93. The van der Waals surface area contributed by atoms with Gasteiger partial charge in [0, 0.05) is 6.42 Å². The van der Waals surface area contributed by atoms with Gasteiger partial charge in [0.2, 0.25) is 6.29 Å². The van der Waals surface area contributed by atoms with Crippen molar-refractivity contribution in [3.63, 3.8) is 0 Å². The first-order chi connectivity index (χ1) is 10.8. The molecule has 0 aromatic rings. The van der Waals surface area contributed by atoms with Gasteiger partial charge in [-0.15, -0.1) is 0 Å². The lowest BCUT2D eigenvalue weighted by Crippen LogP contribution is -2.77. The van der Waals surface area contributed by atoms with E-state index in [0.29, 0.717) is 0 Å². The van der Waals surface area contributed by atoms with Gasteiger partial charge in [-0.05, 0) is 21.0 Å². The van der Waals surface area contributed by atoms with Crippen molar-refractivity contribution in [2.24, 2.45) is 0 Å². The Balaban J connectivity index is 1.92. The van der Waals surface area contributed by atoms with E-state index in [1.807, 2.05) is 0 Å². The molecule has 5 N–H and O–H groups in total. The van der Waals surface area contributed by atoms with Crippen molar-refractivity contribution < 1.29 is 34.3 Å². The van der Waals surface area contributed by atoms with Gasteiger partial charge in [0.05, 0.1) is 24.3 Å². The highest BCUT2D eigenvalue weighted by Gasteiger charge is 2.63. The zero-order chi connectivity index (χ0) is 16.9. The highest BCUT2D eigenvalue weighted by molar-refractivity contribution is 5.87. The summed E-state index contributed by atoms with van der Waals surface area (Å²) in [7, 11) is 3.24. The molecule has 0 aromatic carbocycles. The van der Waals surface area contributed by atoms with E-state index in [-0.39, 0.29) is 6.42 Å². The van der Waals surface area contributed by atoms with Crippen LogP contribution in [0.1, 0.15) is 13.3 Å². The summed E-state index contributed by atoms with van der Waals surface area (Å²) in [5.41, 5.74) is 0. The topological polar surface area (TPSA) is 130 Å². The number of hydrogen-bond acceptors (Lipinski definition) is 9. The van der Waals surface area contributed by atoms with Gasteiger partial charge in [0.1, 0.15) is 18.3 Å². The Morgan fingerprint density at radius 1 is 1.09 bits per heavy atom. The van der Waals surface area contributed by atoms with Crippen molar-refractivity contribution in [3.8, 4) is 0 Å². The van der Waals surface area contributed by atoms with Gasteiger partial charge in [-0.25, -0.2) is 0 Å². The molecule has 3 rings (SSSR count). The fourth-order valence-electron chi connectivity index (χ4n) is 3.68. The van der Waals surface area contributed by atoms with Gasteiger partial charge < -0.3 is 40.2 Å². The van der Waals surface area contributed by atoms with Crippen molar-refractivity contribution in [3.05, 3.63) is 0 Å². The molecule has 1 aliphatic carbocycles. The molecule has 3 fully saturated rings. The quantitative estimate of drug-likeness (QED) is 0.361. The Hall–Kier alpha value is -0.650. The summed E-state index contributed by atoms with van der Waals surface area (Å²) in [6, 6.07) is -1.29. The molecule has 9 atom stereocenters. The maximum atomic E-state index is 12.2. The predicted molar refractivity (Wildman–Crippen MR) is 76.4 cm³/mol. The van der Waals surface area contributed by atoms with E-state index in [4.69, 9.17) is 14.2 Å². The van der Waals surface area contributed by atoms with Gasteiger partial charge in [-0.3, -0.25) is 4.79 Å². The number of Topliss-reactive ketones (excluding diaryl/α,β-unsaturated/α-hetero) is 1. The zero-order valence-electron chi connectivity index (χ0n) is 13.3. The maximum Gasteiger partial charge on any atom is 0.280 e. The Bertz CT molecular complexity index is 478. The number of hydrogen-bond donors (Lipinski definition) is 5. The highest BCUT2D eigenvalue weighted by atomic mass is 16.8. The summed E-state index contributed by atoms with van der Waals surface area (Å²) < 4.78 is 16.8. The molecule has 2 aliphatic heterocycles. The SMILES string of the molecule is CN[C@H]1[C@@H](O)[C@H]2O[C@@H]3O[C@@H](C)CC(=O)[C@]3(O)O[C@@H]2[C@@H](NC)[C@H]1O. The number of ether oxygens (including phenoxy) is 3. The lowest BCUT2D eigenvalue weighted by Gasteiger charge is -2.55. The molecule has 9 nitrogen and oxygen atoms in total. The van der Waals surface area contributed by atoms with Crippen LogP contribution in [0.4, 0.5) is 0 Å². The van der Waals surface area contributed by atoms with E-state index >= 15 is 0 Å². The van der Waals surface area contributed by atoms with E-state index in [1.54, 1.807) is 21.0 Å². The first-order valence-electron chi connectivity index (χ1n) is 7.78. The molecule has 0 aromatic heterocycles. The van der Waals surface area contributed by atoms with Gasteiger partial charge >= 0.3 is 0 Å². The molecule has 132 valence electrons. The Morgan fingerprint density at radius 3 is 2.35 bits per heavy atom. The van der Waals surface area contributed by atoms with E-state index in [0.717, 1.165) is 0 Å². The van der Waals surface area contributed by atoms with Gasteiger partial charge in [0.15, 0.2) is 5.78 Å². The summed E-state index contributed by atoms with van der Waals surface area (Å²) in [6.45, 7) is 1.70. The van der Waals surface area contributed by atoms with E-state index in [1.165, 1.54) is 0 Å². The van der Waals surface area contributed by atoms with E-state index in [9.17, 15) is 20.1 Å². The molecular formula is C14H24N2O7. The standard InChI is InChI=1S/C14H24N2O7/c1-5-4-6(17)14(20)13(21-5)22-12-10(19)7(15-2)9(18)8(16-3)11(12)23-14/h5,7-13,15-16,18-20H,4H2,1-3H3/t5-,7+,8-,9-,10+,11+,12+,13-,14-/m0/s1. The molecule has 2 heterocycles. The fraction of sp³-hybridized carbons (Fsp3) is 0.929. The smallest absolute Gasteiger partial charge is 0.280 e. The molecule has 0 unspecified atom stereocenters. The fourth-order valence-corrected chi connectivity index (χ4v) is 3.68. The summed E-state index contributed by atoms with van der Waals surface area (Å²) in [5.74, 6) is -2.76. The number of nitrogens with one attached hydrogen (secondary N) is 2. The maximum absolute atomic E-state index is 12.2. The highest BCUT2D eigenvalue weighted by Crippen LogP contribution is 2.40. The predicted octanol–water partition coefficient (Wildman–Crippen LogP) is -2.93. The summed E-state index contributed by atoms with van der Waals surface area (Å²) >= 11 is 0. The van der Waals surface area contributed by atoms with Crippen LogP contribution >= 0.6 is 0 Å². The van der Waals surface area contributed by atoms with Crippen molar-refractivity contribution in [1.82, 2.24) is 10.6 Å². The van der Waals surface area contributed by atoms with Crippen molar-refractivity contribution in [2.45, 2.75) is 68.0 Å². The Kier molecular flexibility index (Phi) is 4.49. The van der Waals surface area contributed by atoms with Crippen LogP contribution in [0.3, 0.4) is 0 Å². The lowest BCUT2D eigenvalue weighted by atomic mass is 9.80. The average molecular weight is 332 g/mol. The normalized spacial score (nSPS) is 53.6. The zero-order valence-corrected chi connectivity index (χ0v) is 13.3. The molecule has 3 aliphatic rings. The van der Waals surface area contributed by atoms with Gasteiger partial charge in [-0.1, -0.05) is 0 Å². The molecule has 0 radical (unpaired) electrons. The molecule has 0 spiro atoms. The van der Waals surface area contributed by atoms with Crippen LogP contribution in [0.2, 0.25) is 0 Å². The second kappa shape index (κ2) is 6.01. The summed E-state index contributed by atoms with van der Waals surface area (Å²) in [5, 5.41) is 37.2. The lowest BCUT2D eigenvalue weighted by molar-refractivity contribution is -0.420. The average Bonchev–Trinajstić information content (AvgIpc) is 2.49. The van der Waals surface area contributed by atoms with Crippen molar-refractivity contribution in [1.29, 1.82) is 0 Å². The number of carbonyl (C=O) groups is 1. The van der Waals surface area contributed by atoms with Gasteiger partial charge in [0.25, 0.3) is 5.79 Å². The Labute approximate surface area is 133 Å². The molecule has 9 heteroatoms. The molecule has 23 heavy (non-hydrogen) atoms. The van der Waals surface area contributed by atoms with E-state index < -0.39 is 60.5 Å². The molecule has 0 bridgehead atoms. The number of rotatable bonds is 2. The minimum atomic E-state index is -2.23. The summed E-state index contributed by atoms with van der Waals surface area (Å²) in [4.78, 5) is 12.2. The number of ketones is 1. The Morgan fingerprint density at radius 2 is 1.74 bits per heavy atom. The third-order valence-electron chi connectivity index (χ3n) is 4.93. The monoisotopic (exact) mass is 332 g/mol. The second-order valence-corrected chi connectivity index (χ2v) is 6.40. The number of aliphatic hydroxyl groups is 3. The van der Waals surface area contributed by atoms with Crippen LogP contribution in [0.5, 0.6) is 0 Å². The van der Waals surface area contributed by atoms with Gasteiger partial charge in [-0.2, -0.15) is 0 Å². The number of aliphatic hydroxyl groups excluding tert-OH is 2. The second-order valence-electron chi connectivity index (χ2n) is 6.40. The van der Waals surface area contributed by atoms with E-state index in [2.05, 4.69) is 10.6 Å². The van der Waals surface area contributed by atoms with Crippen LogP contribution < -0.4 is 10.6 Å². The minimum absolute atomic E-state index is 0.00220. The van der Waals surface area contributed by atoms with Crippen LogP contribution in [-0.4, -0.2) is 89.9 Å². The first kappa shape index (κ1) is 17.2. The molecule has 2 saturated heterocycles. The molecule has 1 saturated carbocycles. The van der Waals surface area contributed by atoms with Crippen molar-refractivity contribution in [2.75, 3.05) is 14.1 Å². The molecule has 0 amide bonds. The molecular weight excluding hydrogens is 308 g/mol. The minimum Gasteiger partial charge on any atom is -0.390 e. The van der Waals surface area contributed by atoms with Crippen LogP contribution in [-0.2, 0) is 19.0 Å². The van der Waals surface area contributed by atoms with Crippen LogP contribution in [0, 0.1) is 0 Å². The van der Waals surface area contributed by atoms with Crippen LogP contribution in [0.15, 0.2) is 0 Å². The van der Waals surface area contributed by atoms with Crippen molar-refractivity contribution >= 4 is 5.78 Å². The first-order valence-corrected chi connectivity index (χ1v) is 7.78. The number of likely N-dealkylation sites (N-methyl/N-ethyl adjacent to an activating group) is 2. The summed E-state index contributed by atoms with van der Waals surface area (Å²) in [6.07, 6.45) is -5.58. The number of carbonyl (C=O) groups excluding carboxylic acids is 1. The largest absolute Gasteiger partial charge is 0.390 e. The third kappa shape index (κ3) is 2.52. The number of fused-ring (bicyclic) bond motifs is 2.